The van der Waals surface area contributed by atoms with Crippen LogP contribution in [0.2, 0.25) is 0 Å². The summed E-state index contributed by atoms with van der Waals surface area (Å²) in [5.74, 6) is 2.02. The number of benzene rings is 2. The maximum Gasteiger partial charge on any atom is 0.203 e. The van der Waals surface area contributed by atoms with Gasteiger partial charge < -0.3 is 18.9 Å². The predicted octanol–water partition coefficient (Wildman–Crippen LogP) is 3.30. The summed E-state index contributed by atoms with van der Waals surface area (Å²) in [5.41, 5.74) is 0. The van der Waals surface area contributed by atoms with E-state index in [2.05, 4.69) is 0 Å². The second-order valence-corrected chi connectivity index (χ2v) is 4.14. The predicted molar refractivity (Wildman–Crippen MR) is 76.9 cm³/mol. The Morgan fingerprint density at radius 3 is 1.95 bits per heavy atom. The van der Waals surface area contributed by atoms with Gasteiger partial charge in [0.2, 0.25) is 5.75 Å². The van der Waals surface area contributed by atoms with E-state index >= 15 is 0 Å². The first kappa shape index (κ1) is 15.0. The van der Waals surface area contributed by atoms with Gasteiger partial charge in [-0.2, -0.15) is 0 Å². The lowest BCUT2D eigenvalue weighted by Crippen LogP contribution is -2.10. The van der Waals surface area contributed by atoms with Crippen molar-refractivity contribution in [3.05, 3.63) is 48.3 Å². The minimum atomic E-state index is -0.294. The third-order valence-electron chi connectivity index (χ3n) is 2.79. The van der Waals surface area contributed by atoms with Gasteiger partial charge in [0.25, 0.3) is 0 Å². The van der Waals surface area contributed by atoms with Crippen molar-refractivity contribution in [2.24, 2.45) is 0 Å². The normalized spacial score (nSPS) is 10.0. The quantitative estimate of drug-likeness (QED) is 0.734. The van der Waals surface area contributed by atoms with Gasteiger partial charge >= 0.3 is 0 Å². The summed E-state index contributed by atoms with van der Waals surface area (Å²) >= 11 is 0. The molecule has 112 valence electrons. The first-order chi connectivity index (χ1) is 10.2. The first-order valence-corrected chi connectivity index (χ1v) is 6.46. The van der Waals surface area contributed by atoms with Crippen molar-refractivity contribution >= 4 is 0 Å². The number of hydrogen-bond acceptors (Lipinski definition) is 4. The third-order valence-corrected chi connectivity index (χ3v) is 2.79. The Hall–Kier alpha value is -2.43. The molecule has 0 amide bonds. The number of halogens is 1. The van der Waals surface area contributed by atoms with Crippen molar-refractivity contribution in [1.82, 2.24) is 0 Å². The lowest BCUT2D eigenvalue weighted by Gasteiger charge is -2.14. The van der Waals surface area contributed by atoms with Crippen molar-refractivity contribution in [3.8, 4) is 23.0 Å². The smallest absolute Gasteiger partial charge is 0.203 e. The van der Waals surface area contributed by atoms with Gasteiger partial charge in [0.05, 0.1) is 14.2 Å². The molecule has 2 aromatic carbocycles. The molecule has 21 heavy (non-hydrogen) atoms. The highest BCUT2D eigenvalue weighted by molar-refractivity contribution is 5.51. The molecule has 0 aliphatic rings. The summed E-state index contributed by atoms with van der Waals surface area (Å²) in [4.78, 5) is 0. The molecule has 5 heteroatoms. The zero-order chi connectivity index (χ0) is 15.1. The first-order valence-electron chi connectivity index (χ1n) is 6.46. The summed E-state index contributed by atoms with van der Waals surface area (Å²) in [6, 6.07) is 11.2. The minimum absolute atomic E-state index is 0.294. The van der Waals surface area contributed by atoms with Crippen LogP contribution in [0.25, 0.3) is 0 Å². The molecule has 0 unspecified atom stereocenters. The van der Waals surface area contributed by atoms with Crippen molar-refractivity contribution in [2.75, 3.05) is 27.4 Å². The van der Waals surface area contributed by atoms with Crippen LogP contribution < -0.4 is 18.9 Å². The Balaban J connectivity index is 1.90. The summed E-state index contributed by atoms with van der Waals surface area (Å²) in [7, 11) is 3.13. The molecule has 0 saturated heterocycles. The number of rotatable bonds is 7. The van der Waals surface area contributed by atoms with Crippen LogP contribution >= 0.6 is 0 Å². The molecule has 2 rings (SSSR count). The number of methoxy groups -OCH3 is 2. The van der Waals surface area contributed by atoms with Gasteiger partial charge in [0, 0.05) is 0 Å². The van der Waals surface area contributed by atoms with E-state index in [9.17, 15) is 4.39 Å². The zero-order valence-corrected chi connectivity index (χ0v) is 12.0. The fraction of sp³-hybridized carbons (Fsp3) is 0.250. The van der Waals surface area contributed by atoms with E-state index in [0.29, 0.717) is 36.2 Å². The number of para-hydroxylation sites is 1. The highest BCUT2D eigenvalue weighted by Crippen LogP contribution is 2.36. The summed E-state index contributed by atoms with van der Waals surface area (Å²) in [5, 5.41) is 0. The molecule has 0 aliphatic carbocycles. The standard InChI is InChI=1S/C16H17FO4/c1-18-14-4-3-5-15(19-2)16(14)21-11-10-20-13-8-6-12(17)7-9-13/h3-9H,10-11H2,1-2H3. The second kappa shape index (κ2) is 7.38. The molecule has 0 aliphatic heterocycles. The highest BCUT2D eigenvalue weighted by Gasteiger charge is 2.10. The largest absolute Gasteiger partial charge is 0.493 e. The average molecular weight is 292 g/mol. The molecule has 0 aromatic heterocycles. The lowest BCUT2D eigenvalue weighted by atomic mass is 10.3. The fourth-order valence-corrected chi connectivity index (χ4v) is 1.79. The van der Waals surface area contributed by atoms with Crippen LogP contribution in [0.1, 0.15) is 0 Å². The molecule has 0 fully saturated rings. The van der Waals surface area contributed by atoms with Crippen molar-refractivity contribution < 1.29 is 23.3 Å². The maximum atomic E-state index is 12.8. The van der Waals surface area contributed by atoms with Gasteiger partial charge in [-0.1, -0.05) is 6.07 Å². The van der Waals surface area contributed by atoms with E-state index in [-0.39, 0.29) is 5.82 Å². The zero-order valence-electron chi connectivity index (χ0n) is 12.0. The maximum absolute atomic E-state index is 12.8. The fourth-order valence-electron chi connectivity index (χ4n) is 1.79. The van der Waals surface area contributed by atoms with Crippen LogP contribution in [0.3, 0.4) is 0 Å². The van der Waals surface area contributed by atoms with Gasteiger partial charge in [-0.05, 0) is 36.4 Å². The van der Waals surface area contributed by atoms with E-state index in [1.165, 1.54) is 12.1 Å². The molecule has 0 saturated carbocycles. The Morgan fingerprint density at radius 2 is 1.38 bits per heavy atom. The van der Waals surface area contributed by atoms with Gasteiger partial charge in [0.1, 0.15) is 24.8 Å². The second-order valence-electron chi connectivity index (χ2n) is 4.14. The van der Waals surface area contributed by atoms with Gasteiger partial charge in [-0.25, -0.2) is 4.39 Å². The number of hydrogen-bond donors (Lipinski definition) is 0. The molecule has 0 spiro atoms. The van der Waals surface area contributed by atoms with E-state index in [1.54, 1.807) is 38.5 Å². The lowest BCUT2D eigenvalue weighted by molar-refractivity contribution is 0.205. The van der Waals surface area contributed by atoms with Crippen LogP contribution in [0, 0.1) is 5.82 Å². The van der Waals surface area contributed by atoms with Crippen molar-refractivity contribution in [3.63, 3.8) is 0 Å². The van der Waals surface area contributed by atoms with Gasteiger partial charge in [-0.15, -0.1) is 0 Å². The molecule has 0 N–H and O–H groups in total. The Kier molecular flexibility index (Phi) is 5.26. The molecule has 0 bridgehead atoms. The summed E-state index contributed by atoms with van der Waals surface area (Å²) in [6.07, 6.45) is 0. The number of ether oxygens (including phenoxy) is 4. The summed E-state index contributed by atoms with van der Waals surface area (Å²) in [6.45, 7) is 0.640. The molecular formula is C16H17FO4. The SMILES string of the molecule is COc1cccc(OC)c1OCCOc1ccc(F)cc1. The van der Waals surface area contributed by atoms with Gasteiger partial charge in [-0.3, -0.25) is 0 Å². The van der Waals surface area contributed by atoms with E-state index in [0.717, 1.165) is 0 Å². The van der Waals surface area contributed by atoms with Crippen molar-refractivity contribution in [1.29, 1.82) is 0 Å². The van der Waals surface area contributed by atoms with Crippen LogP contribution in [-0.2, 0) is 0 Å². The van der Waals surface area contributed by atoms with E-state index in [1.807, 2.05) is 6.07 Å². The molecular weight excluding hydrogens is 275 g/mol. The Labute approximate surface area is 123 Å². The van der Waals surface area contributed by atoms with E-state index < -0.39 is 0 Å². The summed E-state index contributed by atoms with van der Waals surface area (Å²) < 4.78 is 34.3. The van der Waals surface area contributed by atoms with Crippen LogP contribution in [-0.4, -0.2) is 27.4 Å². The molecule has 0 radical (unpaired) electrons. The molecule has 0 atom stereocenters. The monoisotopic (exact) mass is 292 g/mol. The molecule has 2 aromatic rings. The van der Waals surface area contributed by atoms with E-state index in [4.69, 9.17) is 18.9 Å². The minimum Gasteiger partial charge on any atom is -0.493 e. The van der Waals surface area contributed by atoms with Crippen LogP contribution in [0.4, 0.5) is 4.39 Å². The average Bonchev–Trinajstić information content (AvgIpc) is 2.53. The molecule has 4 nitrogen and oxygen atoms in total. The molecule has 0 heterocycles. The third kappa shape index (κ3) is 4.02. The van der Waals surface area contributed by atoms with Crippen LogP contribution in [0.5, 0.6) is 23.0 Å². The van der Waals surface area contributed by atoms with Crippen molar-refractivity contribution in [2.45, 2.75) is 0 Å². The Bertz CT molecular complexity index is 547. The Morgan fingerprint density at radius 1 is 0.810 bits per heavy atom. The van der Waals surface area contributed by atoms with Crippen LogP contribution in [0.15, 0.2) is 42.5 Å². The highest BCUT2D eigenvalue weighted by atomic mass is 19.1. The van der Waals surface area contributed by atoms with Gasteiger partial charge in [0.15, 0.2) is 11.5 Å². The topological polar surface area (TPSA) is 36.9 Å².